The molecule has 1 heterocycles. The summed E-state index contributed by atoms with van der Waals surface area (Å²) in [4.78, 5) is 12.5. The molecule has 3 nitrogen and oxygen atoms in total. The number of anilines is 1. The molecule has 0 aliphatic heterocycles. The Labute approximate surface area is 113 Å². The van der Waals surface area contributed by atoms with Crippen LogP contribution in [0.2, 0.25) is 0 Å². The third-order valence-electron chi connectivity index (χ3n) is 4.22. The summed E-state index contributed by atoms with van der Waals surface area (Å²) in [7, 11) is 0. The molecule has 0 spiro atoms. The van der Waals surface area contributed by atoms with Crippen LogP contribution >= 0.6 is 0 Å². The number of hydrogen-bond donors (Lipinski definition) is 1. The van der Waals surface area contributed by atoms with Crippen LogP contribution < -0.4 is 11.3 Å². The minimum atomic E-state index is 0.0566. The fraction of sp³-hybridized carbons (Fsp3) is 0.438. The summed E-state index contributed by atoms with van der Waals surface area (Å²) in [5, 5.41) is 1.71. The molecule has 19 heavy (non-hydrogen) atoms. The van der Waals surface area contributed by atoms with Crippen LogP contribution in [0.15, 0.2) is 35.1 Å². The van der Waals surface area contributed by atoms with Crippen LogP contribution in [-0.4, -0.2) is 4.57 Å². The number of aromatic nitrogens is 1. The summed E-state index contributed by atoms with van der Waals surface area (Å²) >= 11 is 0. The predicted molar refractivity (Wildman–Crippen MR) is 79.2 cm³/mol. The minimum absolute atomic E-state index is 0.0566. The normalized spacial score (nSPS) is 16.8. The monoisotopic (exact) mass is 256 g/mol. The molecule has 1 saturated carbocycles. The van der Waals surface area contributed by atoms with E-state index in [9.17, 15) is 4.79 Å². The SMILES string of the molecule is Nc1cc2ccccc2c(=O)n1CC1CCCCC1. The molecule has 0 radical (unpaired) electrons. The number of hydrogen-bond acceptors (Lipinski definition) is 2. The average Bonchev–Trinajstić information content (AvgIpc) is 2.45. The highest BCUT2D eigenvalue weighted by atomic mass is 16.1. The largest absolute Gasteiger partial charge is 0.385 e. The lowest BCUT2D eigenvalue weighted by atomic mass is 9.89. The number of nitrogens with two attached hydrogens (primary N) is 1. The Morgan fingerprint density at radius 2 is 1.89 bits per heavy atom. The van der Waals surface area contributed by atoms with Gasteiger partial charge in [-0.15, -0.1) is 0 Å². The fourth-order valence-corrected chi connectivity index (χ4v) is 3.13. The highest BCUT2D eigenvalue weighted by molar-refractivity contribution is 5.83. The van der Waals surface area contributed by atoms with Gasteiger partial charge in [0, 0.05) is 11.9 Å². The van der Waals surface area contributed by atoms with Gasteiger partial charge >= 0.3 is 0 Å². The molecule has 1 aromatic carbocycles. The van der Waals surface area contributed by atoms with E-state index in [2.05, 4.69) is 0 Å². The quantitative estimate of drug-likeness (QED) is 0.897. The van der Waals surface area contributed by atoms with E-state index in [1.165, 1.54) is 32.1 Å². The first kappa shape index (κ1) is 12.3. The third-order valence-corrected chi connectivity index (χ3v) is 4.22. The molecule has 3 heteroatoms. The molecule has 1 aromatic heterocycles. The minimum Gasteiger partial charge on any atom is -0.385 e. The fourth-order valence-electron chi connectivity index (χ4n) is 3.13. The lowest BCUT2D eigenvalue weighted by molar-refractivity contribution is 0.318. The molecule has 0 atom stereocenters. The molecule has 0 saturated heterocycles. The van der Waals surface area contributed by atoms with E-state index in [-0.39, 0.29) is 5.56 Å². The summed E-state index contributed by atoms with van der Waals surface area (Å²) < 4.78 is 1.76. The maximum Gasteiger partial charge on any atom is 0.259 e. The van der Waals surface area contributed by atoms with Gasteiger partial charge in [-0.2, -0.15) is 0 Å². The summed E-state index contributed by atoms with van der Waals surface area (Å²) in [5.74, 6) is 1.20. The zero-order chi connectivity index (χ0) is 13.2. The van der Waals surface area contributed by atoms with Crippen LogP contribution in [0, 0.1) is 5.92 Å². The van der Waals surface area contributed by atoms with Gasteiger partial charge in [0.1, 0.15) is 5.82 Å². The standard InChI is InChI=1S/C16H20N2O/c17-15-10-13-8-4-5-9-14(13)16(19)18(15)11-12-6-2-1-3-7-12/h4-5,8-10,12H,1-3,6-7,11,17H2. The van der Waals surface area contributed by atoms with Crippen LogP contribution in [0.1, 0.15) is 32.1 Å². The maximum atomic E-state index is 12.5. The van der Waals surface area contributed by atoms with Gasteiger partial charge in [-0.3, -0.25) is 9.36 Å². The molecule has 0 amide bonds. The van der Waals surface area contributed by atoms with E-state index >= 15 is 0 Å². The van der Waals surface area contributed by atoms with Crippen molar-refractivity contribution in [3.63, 3.8) is 0 Å². The molecule has 2 aromatic rings. The van der Waals surface area contributed by atoms with Gasteiger partial charge in [0.2, 0.25) is 0 Å². The number of nitrogens with zero attached hydrogens (tertiary/aromatic N) is 1. The Bertz CT molecular complexity index is 639. The maximum absolute atomic E-state index is 12.5. The lowest BCUT2D eigenvalue weighted by Gasteiger charge is -2.23. The first-order chi connectivity index (χ1) is 9.25. The third kappa shape index (κ3) is 2.37. The molecule has 0 unspecified atom stereocenters. The summed E-state index contributed by atoms with van der Waals surface area (Å²) in [6.07, 6.45) is 6.34. The van der Waals surface area contributed by atoms with E-state index in [0.29, 0.717) is 11.7 Å². The van der Waals surface area contributed by atoms with Crippen molar-refractivity contribution in [3.05, 3.63) is 40.7 Å². The highest BCUT2D eigenvalue weighted by Gasteiger charge is 2.16. The summed E-state index contributed by atoms with van der Waals surface area (Å²) in [6.45, 7) is 0.773. The smallest absolute Gasteiger partial charge is 0.259 e. The number of rotatable bonds is 2. The number of pyridine rings is 1. The lowest BCUT2D eigenvalue weighted by Crippen LogP contribution is -2.27. The second-order valence-electron chi connectivity index (χ2n) is 5.58. The first-order valence-corrected chi connectivity index (χ1v) is 7.14. The van der Waals surface area contributed by atoms with Crippen molar-refractivity contribution in [1.29, 1.82) is 0 Å². The molecule has 1 fully saturated rings. The topological polar surface area (TPSA) is 48.0 Å². The molecular formula is C16H20N2O. The Kier molecular flexibility index (Phi) is 3.28. The van der Waals surface area contributed by atoms with E-state index in [1.54, 1.807) is 4.57 Å². The zero-order valence-electron chi connectivity index (χ0n) is 11.1. The molecule has 0 bridgehead atoms. The van der Waals surface area contributed by atoms with Crippen molar-refractivity contribution in [2.45, 2.75) is 38.6 Å². The average molecular weight is 256 g/mol. The number of fused-ring (bicyclic) bond motifs is 1. The molecule has 2 N–H and O–H groups in total. The van der Waals surface area contributed by atoms with Crippen LogP contribution in [-0.2, 0) is 6.54 Å². The van der Waals surface area contributed by atoms with Crippen molar-refractivity contribution >= 4 is 16.6 Å². The summed E-state index contributed by atoms with van der Waals surface area (Å²) in [5.41, 5.74) is 6.12. The van der Waals surface area contributed by atoms with Gasteiger partial charge in [0.15, 0.2) is 0 Å². The van der Waals surface area contributed by atoms with E-state index in [1.807, 2.05) is 30.3 Å². The Hall–Kier alpha value is -1.77. The molecule has 1 aliphatic carbocycles. The second-order valence-corrected chi connectivity index (χ2v) is 5.58. The molecule has 3 rings (SSSR count). The van der Waals surface area contributed by atoms with Crippen LogP contribution in [0.5, 0.6) is 0 Å². The van der Waals surface area contributed by atoms with Crippen LogP contribution in [0.25, 0.3) is 10.8 Å². The van der Waals surface area contributed by atoms with Gasteiger partial charge in [-0.05, 0) is 36.3 Å². The van der Waals surface area contributed by atoms with Crippen molar-refractivity contribution in [2.24, 2.45) is 5.92 Å². The van der Waals surface area contributed by atoms with Crippen molar-refractivity contribution in [1.82, 2.24) is 4.57 Å². The first-order valence-electron chi connectivity index (χ1n) is 7.14. The zero-order valence-corrected chi connectivity index (χ0v) is 11.1. The van der Waals surface area contributed by atoms with Gasteiger partial charge in [-0.1, -0.05) is 37.5 Å². The van der Waals surface area contributed by atoms with E-state index < -0.39 is 0 Å². The van der Waals surface area contributed by atoms with Crippen molar-refractivity contribution < 1.29 is 0 Å². The van der Waals surface area contributed by atoms with Gasteiger partial charge in [0.25, 0.3) is 5.56 Å². The van der Waals surface area contributed by atoms with Gasteiger partial charge < -0.3 is 5.73 Å². The summed E-state index contributed by atoms with van der Waals surface area (Å²) in [6, 6.07) is 9.59. The van der Waals surface area contributed by atoms with Crippen LogP contribution in [0.4, 0.5) is 5.82 Å². The predicted octanol–water partition coefficient (Wildman–Crippen LogP) is 3.16. The van der Waals surface area contributed by atoms with Gasteiger partial charge in [0.05, 0.1) is 0 Å². The number of benzene rings is 1. The molecular weight excluding hydrogens is 236 g/mol. The highest BCUT2D eigenvalue weighted by Crippen LogP contribution is 2.25. The Morgan fingerprint density at radius 3 is 2.68 bits per heavy atom. The second kappa shape index (κ2) is 5.08. The van der Waals surface area contributed by atoms with Crippen molar-refractivity contribution in [2.75, 3.05) is 5.73 Å². The number of nitrogen functional groups attached to an aromatic ring is 1. The van der Waals surface area contributed by atoms with E-state index in [0.717, 1.165) is 17.3 Å². The van der Waals surface area contributed by atoms with Crippen LogP contribution in [0.3, 0.4) is 0 Å². The molecule has 1 aliphatic rings. The van der Waals surface area contributed by atoms with E-state index in [4.69, 9.17) is 5.73 Å². The molecule has 100 valence electrons. The Balaban J connectivity index is 2.00. The van der Waals surface area contributed by atoms with Gasteiger partial charge in [-0.25, -0.2) is 0 Å². The Morgan fingerprint density at radius 1 is 1.16 bits per heavy atom. The van der Waals surface area contributed by atoms with Crippen molar-refractivity contribution in [3.8, 4) is 0 Å².